The fourth-order valence-corrected chi connectivity index (χ4v) is 1.97. The summed E-state index contributed by atoms with van der Waals surface area (Å²) >= 11 is 0. The van der Waals surface area contributed by atoms with Crippen molar-refractivity contribution >= 4 is 11.6 Å². The minimum Gasteiger partial charge on any atom is -0.457 e. The maximum atomic E-state index is 12.1. The van der Waals surface area contributed by atoms with Crippen LogP contribution in [0.4, 0.5) is 5.69 Å². The molecule has 22 heavy (non-hydrogen) atoms. The van der Waals surface area contributed by atoms with Crippen molar-refractivity contribution in [3.63, 3.8) is 0 Å². The number of carbonyl (C=O) groups excluding carboxylic acids is 1. The fraction of sp³-hybridized carbons (Fsp3) is 0. The highest BCUT2D eigenvalue weighted by molar-refractivity contribution is 6.04. The molecule has 0 aliphatic heterocycles. The van der Waals surface area contributed by atoms with Crippen LogP contribution in [0.15, 0.2) is 78.9 Å². The number of carbonyl (C=O) groups is 1. The van der Waals surface area contributed by atoms with Crippen molar-refractivity contribution < 1.29 is 9.53 Å². The smallest absolute Gasteiger partial charge is 0.255 e. The maximum Gasteiger partial charge on any atom is 0.255 e. The van der Waals surface area contributed by atoms with Crippen LogP contribution in [-0.2, 0) is 0 Å². The Morgan fingerprint density at radius 1 is 0.818 bits per heavy atom. The molecule has 0 bridgehead atoms. The first kappa shape index (κ1) is 13.9. The largest absolute Gasteiger partial charge is 0.457 e. The van der Waals surface area contributed by atoms with Gasteiger partial charge < -0.3 is 10.1 Å². The summed E-state index contributed by atoms with van der Waals surface area (Å²) in [6.07, 6.45) is 0. The molecular formula is C19H14NO2. The number of anilines is 1. The van der Waals surface area contributed by atoms with Gasteiger partial charge >= 0.3 is 0 Å². The molecule has 0 aromatic heterocycles. The number of hydrogen-bond donors (Lipinski definition) is 1. The molecule has 0 spiro atoms. The van der Waals surface area contributed by atoms with Gasteiger partial charge in [0.05, 0.1) is 0 Å². The Morgan fingerprint density at radius 3 is 2.14 bits per heavy atom. The van der Waals surface area contributed by atoms with Gasteiger partial charge in [-0.3, -0.25) is 4.79 Å². The fourth-order valence-electron chi connectivity index (χ4n) is 1.97. The van der Waals surface area contributed by atoms with Gasteiger partial charge in [0.25, 0.3) is 5.91 Å². The highest BCUT2D eigenvalue weighted by atomic mass is 16.5. The highest BCUT2D eigenvalue weighted by Crippen LogP contribution is 2.21. The quantitative estimate of drug-likeness (QED) is 0.766. The van der Waals surface area contributed by atoms with Gasteiger partial charge in [0.2, 0.25) is 0 Å². The summed E-state index contributed by atoms with van der Waals surface area (Å²) in [7, 11) is 0. The van der Waals surface area contributed by atoms with E-state index in [1.807, 2.05) is 30.3 Å². The van der Waals surface area contributed by atoms with E-state index >= 15 is 0 Å². The highest BCUT2D eigenvalue weighted by Gasteiger charge is 2.06. The molecule has 3 nitrogen and oxygen atoms in total. The minimum absolute atomic E-state index is 0.155. The molecule has 0 fully saturated rings. The van der Waals surface area contributed by atoms with E-state index < -0.39 is 0 Å². The lowest BCUT2D eigenvalue weighted by molar-refractivity contribution is 0.102. The van der Waals surface area contributed by atoms with Gasteiger partial charge in [0.1, 0.15) is 11.5 Å². The maximum absolute atomic E-state index is 12.1. The van der Waals surface area contributed by atoms with Gasteiger partial charge in [-0.2, -0.15) is 0 Å². The van der Waals surface area contributed by atoms with Gasteiger partial charge in [-0.25, -0.2) is 0 Å². The number of hydrogen-bond acceptors (Lipinski definition) is 2. The van der Waals surface area contributed by atoms with Crippen LogP contribution >= 0.6 is 0 Å². The van der Waals surface area contributed by atoms with Gasteiger partial charge in [0.15, 0.2) is 0 Å². The Balaban J connectivity index is 1.67. The predicted molar refractivity (Wildman–Crippen MR) is 86.2 cm³/mol. The summed E-state index contributed by atoms with van der Waals surface area (Å²) < 4.78 is 5.70. The van der Waals surface area contributed by atoms with Crippen molar-refractivity contribution in [3.05, 3.63) is 90.5 Å². The van der Waals surface area contributed by atoms with E-state index in [1.54, 1.807) is 48.5 Å². The molecule has 0 saturated carbocycles. The molecule has 0 aliphatic rings. The van der Waals surface area contributed by atoms with Crippen molar-refractivity contribution in [2.24, 2.45) is 0 Å². The van der Waals surface area contributed by atoms with Gasteiger partial charge in [0, 0.05) is 11.3 Å². The van der Waals surface area contributed by atoms with Crippen LogP contribution < -0.4 is 10.1 Å². The van der Waals surface area contributed by atoms with Gasteiger partial charge in [-0.05, 0) is 54.6 Å². The van der Waals surface area contributed by atoms with Crippen molar-refractivity contribution in [1.82, 2.24) is 0 Å². The Kier molecular flexibility index (Phi) is 4.16. The monoisotopic (exact) mass is 288 g/mol. The Morgan fingerprint density at radius 2 is 1.45 bits per heavy atom. The minimum atomic E-state index is -0.155. The summed E-state index contributed by atoms with van der Waals surface area (Å²) in [5.41, 5.74) is 1.32. The first-order chi connectivity index (χ1) is 10.8. The lowest BCUT2D eigenvalue weighted by Gasteiger charge is -2.07. The first-order valence-corrected chi connectivity index (χ1v) is 6.92. The van der Waals surface area contributed by atoms with E-state index in [9.17, 15) is 4.79 Å². The number of para-hydroxylation sites is 1. The van der Waals surface area contributed by atoms with Crippen molar-refractivity contribution in [2.45, 2.75) is 0 Å². The normalized spacial score (nSPS) is 10.0. The summed E-state index contributed by atoms with van der Waals surface area (Å²) in [4.78, 5) is 12.1. The third-order valence-electron chi connectivity index (χ3n) is 3.07. The third-order valence-corrected chi connectivity index (χ3v) is 3.07. The molecule has 0 unspecified atom stereocenters. The molecule has 3 aromatic rings. The Hall–Kier alpha value is -3.07. The second-order valence-corrected chi connectivity index (χ2v) is 4.68. The number of ether oxygens (including phenoxy) is 1. The molecule has 3 heteroatoms. The van der Waals surface area contributed by atoms with Crippen molar-refractivity contribution in [3.8, 4) is 11.5 Å². The zero-order chi connectivity index (χ0) is 15.2. The first-order valence-electron chi connectivity index (χ1n) is 6.92. The number of benzene rings is 3. The van der Waals surface area contributed by atoms with E-state index in [4.69, 9.17) is 4.74 Å². The SMILES string of the molecule is O=C(Nc1cc[c]cc1)c1ccc(Oc2ccccc2)cc1. The molecule has 1 amide bonds. The molecule has 0 atom stereocenters. The van der Waals surface area contributed by atoms with Crippen LogP contribution in [0.3, 0.4) is 0 Å². The molecule has 0 saturated heterocycles. The average Bonchev–Trinajstić information content (AvgIpc) is 2.57. The van der Waals surface area contributed by atoms with E-state index in [2.05, 4.69) is 11.4 Å². The van der Waals surface area contributed by atoms with Crippen LogP contribution in [0.2, 0.25) is 0 Å². The van der Waals surface area contributed by atoms with E-state index in [0.717, 1.165) is 11.4 Å². The number of rotatable bonds is 4. The average molecular weight is 288 g/mol. The molecule has 3 rings (SSSR count). The predicted octanol–water partition coefficient (Wildman–Crippen LogP) is 4.53. The number of nitrogens with one attached hydrogen (secondary N) is 1. The zero-order valence-electron chi connectivity index (χ0n) is 11.8. The molecule has 107 valence electrons. The lowest BCUT2D eigenvalue weighted by Crippen LogP contribution is -2.11. The molecule has 0 heterocycles. The molecule has 1 radical (unpaired) electrons. The molecule has 0 aliphatic carbocycles. The molecule has 1 N–H and O–H groups in total. The number of amides is 1. The van der Waals surface area contributed by atoms with Crippen molar-refractivity contribution in [2.75, 3.05) is 5.32 Å². The zero-order valence-corrected chi connectivity index (χ0v) is 11.8. The van der Waals surface area contributed by atoms with Crippen LogP contribution in [-0.4, -0.2) is 5.91 Å². The summed E-state index contributed by atoms with van der Waals surface area (Å²) in [5, 5.41) is 2.83. The standard InChI is InChI=1S/C19H14NO2/c21-19(20-16-7-3-1-4-8-16)15-11-13-18(14-12-15)22-17-9-5-2-6-10-17/h2-14H,(H,20,21). The van der Waals surface area contributed by atoms with Crippen molar-refractivity contribution in [1.29, 1.82) is 0 Å². The summed E-state index contributed by atoms with van der Waals surface area (Å²) in [6, 6.07) is 26.6. The summed E-state index contributed by atoms with van der Waals surface area (Å²) in [6.45, 7) is 0. The van der Waals surface area contributed by atoms with Crippen LogP contribution in [0, 0.1) is 6.07 Å². The second kappa shape index (κ2) is 6.59. The molecule has 3 aromatic carbocycles. The van der Waals surface area contributed by atoms with Gasteiger partial charge in [-0.1, -0.05) is 30.3 Å². The van der Waals surface area contributed by atoms with E-state index in [0.29, 0.717) is 11.3 Å². The third kappa shape index (κ3) is 3.52. The topological polar surface area (TPSA) is 38.3 Å². The van der Waals surface area contributed by atoms with Crippen LogP contribution in [0.1, 0.15) is 10.4 Å². The Labute approximate surface area is 129 Å². The van der Waals surface area contributed by atoms with Gasteiger partial charge in [-0.15, -0.1) is 0 Å². The lowest BCUT2D eigenvalue weighted by atomic mass is 10.2. The summed E-state index contributed by atoms with van der Waals surface area (Å²) in [5.74, 6) is 1.30. The molecular weight excluding hydrogens is 274 g/mol. The van der Waals surface area contributed by atoms with Crippen LogP contribution in [0.5, 0.6) is 11.5 Å². The second-order valence-electron chi connectivity index (χ2n) is 4.68. The van der Waals surface area contributed by atoms with E-state index in [-0.39, 0.29) is 5.91 Å². The Bertz CT molecular complexity index is 737. The van der Waals surface area contributed by atoms with Crippen LogP contribution in [0.25, 0.3) is 0 Å². The van der Waals surface area contributed by atoms with E-state index in [1.165, 1.54) is 0 Å².